The standard InChI is InChI=1S/C15H21NO3/c1-3-10-7-9(2)14(19-10)15(17)16-12-8-13-11(12)5-4-6-18-13/h7,11-13H,3-6,8H2,1-2H3,(H,16,17). The fraction of sp³-hybridized carbons (Fsp3) is 0.667. The summed E-state index contributed by atoms with van der Waals surface area (Å²) in [5.41, 5.74) is 0.921. The zero-order valence-electron chi connectivity index (χ0n) is 11.6. The summed E-state index contributed by atoms with van der Waals surface area (Å²) in [6.45, 7) is 4.82. The Hall–Kier alpha value is -1.29. The van der Waals surface area contributed by atoms with Gasteiger partial charge in [0.15, 0.2) is 5.76 Å². The quantitative estimate of drug-likeness (QED) is 0.911. The Morgan fingerprint density at radius 3 is 3.05 bits per heavy atom. The van der Waals surface area contributed by atoms with Crippen molar-refractivity contribution in [2.24, 2.45) is 5.92 Å². The van der Waals surface area contributed by atoms with E-state index in [4.69, 9.17) is 9.15 Å². The highest BCUT2D eigenvalue weighted by molar-refractivity contribution is 5.93. The van der Waals surface area contributed by atoms with Crippen molar-refractivity contribution in [2.75, 3.05) is 6.61 Å². The van der Waals surface area contributed by atoms with Crippen LogP contribution in [-0.2, 0) is 11.2 Å². The zero-order chi connectivity index (χ0) is 13.4. The van der Waals surface area contributed by atoms with E-state index in [-0.39, 0.29) is 11.9 Å². The van der Waals surface area contributed by atoms with E-state index in [0.717, 1.165) is 43.6 Å². The van der Waals surface area contributed by atoms with Crippen LogP contribution in [0.5, 0.6) is 0 Å². The SMILES string of the molecule is CCc1cc(C)c(C(=O)NC2CC3OCCCC23)o1. The zero-order valence-corrected chi connectivity index (χ0v) is 11.6. The van der Waals surface area contributed by atoms with Gasteiger partial charge in [0.2, 0.25) is 0 Å². The number of hydrogen-bond donors (Lipinski definition) is 1. The van der Waals surface area contributed by atoms with Crippen LogP contribution < -0.4 is 5.32 Å². The normalized spacial score (nSPS) is 29.5. The molecule has 1 saturated carbocycles. The van der Waals surface area contributed by atoms with Crippen molar-refractivity contribution in [1.82, 2.24) is 5.32 Å². The fourth-order valence-electron chi connectivity index (χ4n) is 3.14. The third-order valence-corrected chi connectivity index (χ3v) is 4.33. The molecule has 1 aliphatic heterocycles. The molecule has 104 valence electrons. The molecule has 1 N–H and O–H groups in total. The number of rotatable bonds is 3. The third-order valence-electron chi connectivity index (χ3n) is 4.33. The third kappa shape index (κ3) is 2.29. The molecule has 4 heteroatoms. The molecule has 2 heterocycles. The second kappa shape index (κ2) is 5.00. The summed E-state index contributed by atoms with van der Waals surface area (Å²) in [6.07, 6.45) is 4.38. The minimum Gasteiger partial charge on any atom is -0.456 e. The van der Waals surface area contributed by atoms with Crippen LogP contribution in [0.15, 0.2) is 10.5 Å². The molecule has 1 aliphatic carbocycles. The van der Waals surface area contributed by atoms with Crippen molar-refractivity contribution in [2.45, 2.75) is 51.7 Å². The first-order valence-corrected chi connectivity index (χ1v) is 7.20. The van der Waals surface area contributed by atoms with Gasteiger partial charge in [-0.1, -0.05) is 6.92 Å². The Labute approximate surface area is 113 Å². The van der Waals surface area contributed by atoms with Gasteiger partial charge >= 0.3 is 0 Å². The number of aryl methyl sites for hydroxylation is 2. The van der Waals surface area contributed by atoms with Gasteiger partial charge < -0.3 is 14.5 Å². The average molecular weight is 263 g/mol. The molecule has 1 aromatic rings. The molecule has 0 aromatic carbocycles. The first kappa shape index (κ1) is 12.7. The smallest absolute Gasteiger partial charge is 0.287 e. The van der Waals surface area contributed by atoms with E-state index in [2.05, 4.69) is 5.32 Å². The van der Waals surface area contributed by atoms with Gasteiger partial charge in [-0.15, -0.1) is 0 Å². The second-order valence-corrected chi connectivity index (χ2v) is 5.61. The highest BCUT2D eigenvalue weighted by Gasteiger charge is 2.44. The van der Waals surface area contributed by atoms with E-state index in [1.807, 2.05) is 19.9 Å². The van der Waals surface area contributed by atoms with Crippen LogP contribution in [-0.4, -0.2) is 24.7 Å². The topological polar surface area (TPSA) is 51.5 Å². The molecule has 0 spiro atoms. The van der Waals surface area contributed by atoms with E-state index in [1.165, 1.54) is 0 Å². The van der Waals surface area contributed by atoms with Crippen LogP contribution >= 0.6 is 0 Å². The van der Waals surface area contributed by atoms with Crippen molar-refractivity contribution >= 4 is 5.91 Å². The Bertz CT molecular complexity index is 480. The predicted octanol–water partition coefficient (Wildman–Crippen LogP) is 2.45. The molecule has 4 nitrogen and oxygen atoms in total. The maximum absolute atomic E-state index is 12.2. The number of fused-ring (bicyclic) bond motifs is 1. The highest BCUT2D eigenvalue weighted by Crippen LogP contribution is 2.37. The summed E-state index contributed by atoms with van der Waals surface area (Å²) < 4.78 is 11.3. The van der Waals surface area contributed by atoms with Crippen molar-refractivity contribution in [3.63, 3.8) is 0 Å². The summed E-state index contributed by atoms with van der Waals surface area (Å²) in [5, 5.41) is 3.10. The lowest BCUT2D eigenvalue weighted by Gasteiger charge is -2.47. The van der Waals surface area contributed by atoms with Crippen molar-refractivity contribution in [3.05, 3.63) is 23.2 Å². The summed E-state index contributed by atoms with van der Waals surface area (Å²) in [4.78, 5) is 12.2. The van der Waals surface area contributed by atoms with Crippen LogP contribution in [0.2, 0.25) is 0 Å². The lowest BCUT2D eigenvalue weighted by Crippen LogP contribution is -2.57. The Morgan fingerprint density at radius 1 is 1.53 bits per heavy atom. The molecule has 19 heavy (non-hydrogen) atoms. The van der Waals surface area contributed by atoms with Crippen LogP contribution in [0.25, 0.3) is 0 Å². The van der Waals surface area contributed by atoms with Gasteiger partial charge in [0, 0.05) is 30.6 Å². The molecule has 0 bridgehead atoms. The summed E-state index contributed by atoms with van der Waals surface area (Å²) in [7, 11) is 0. The van der Waals surface area contributed by atoms with Crippen molar-refractivity contribution in [3.8, 4) is 0 Å². The van der Waals surface area contributed by atoms with Crippen LogP contribution in [0.3, 0.4) is 0 Å². The molecule has 3 rings (SSSR count). The molecule has 1 aromatic heterocycles. The molecule has 2 fully saturated rings. The van der Waals surface area contributed by atoms with Gasteiger partial charge in [0.1, 0.15) is 5.76 Å². The summed E-state index contributed by atoms with van der Waals surface area (Å²) in [5.74, 6) is 1.76. The first-order valence-electron chi connectivity index (χ1n) is 7.20. The maximum Gasteiger partial charge on any atom is 0.287 e. The lowest BCUT2D eigenvalue weighted by molar-refractivity contribution is -0.100. The largest absolute Gasteiger partial charge is 0.456 e. The number of nitrogens with one attached hydrogen (secondary N) is 1. The van der Waals surface area contributed by atoms with Crippen molar-refractivity contribution in [1.29, 1.82) is 0 Å². The number of amides is 1. The van der Waals surface area contributed by atoms with Crippen LogP contribution in [0.4, 0.5) is 0 Å². The van der Waals surface area contributed by atoms with Crippen LogP contribution in [0.1, 0.15) is 48.1 Å². The minimum atomic E-state index is -0.0776. The molecule has 3 atom stereocenters. The molecular formula is C15H21NO3. The average Bonchev–Trinajstić information content (AvgIpc) is 2.77. The van der Waals surface area contributed by atoms with Crippen molar-refractivity contribution < 1.29 is 13.9 Å². The van der Waals surface area contributed by atoms with Gasteiger partial charge in [0.05, 0.1) is 6.10 Å². The summed E-state index contributed by atoms with van der Waals surface area (Å²) in [6, 6.07) is 2.20. The van der Waals surface area contributed by atoms with Gasteiger partial charge in [-0.05, 0) is 32.3 Å². The van der Waals surface area contributed by atoms with E-state index < -0.39 is 0 Å². The van der Waals surface area contributed by atoms with Gasteiger partial charge in [0.25, 0.3) is 5.91 Å². The molecule has 2 aliphatic rings. The predicted molar refractivity (Wildman–Crippen MR) is 71.2 cm³/mol. The van der Waals surface area contributed by atoms with Crippen LogP contribution in [0, 0.1) is 12.8 Å². The molecular weight excluding hydrogens is 242 g/mol. The Balaban J connectivity index is 1.63. The Kier molecular flexibility index (Phi) is 3.35. The maximum atomic E-state index is 12.2. The fourth-order valence-corrected chi connectivity index (χ4v) is 3.14. The molecule has 1 saturated heterocycles. The molecule has 0 radical (unpaired) electrons. The van der Waals surface area contributed by atoms with E-state index >= 15 is 0 Å². The van der Waals surface area contributed by atoms with Gasteiger partial charge in [-0.2, -0.15) is 0 Å². The number of carbonyl (C=O) groups is 1. The van der Waals surface area contributed by atoms with E-state index in [1.54, 1.807) is 0 Å². The first-order chi connectivity index (χ1) is 9.19. The molecule has 1 amide bonds. The van der Waals surface area contributed by atoms with E-state index in [0.29, 0.717) is 17.8 Å². The number of carbonyl (C=O) groups excluding carboxylic acids is 1. The highest BCUT2D eigenvalue weighted by atomic mass is 16.5. The number of furan rings is 1. The summed E-state index contributed by atoms with van der Waals surface area (Å²) >= 11 is 0. The second-order valence-electron chi connectivity index (χ2n) is 5.61. The van der Waals surface area contributed by atoms with Gasteiger partial charge in [-0.25, -0.2) is 0 Å². The minimum absolute atomic E-state index is 0.0776. The molecule has 3 unspecified atom stereocenters. The lowest BCUT2D eigenvalue weighted by atomic mass is 9.72. The van der Waals surface area contributed by atoms with Gasteiger partial charge in [-0.3, -0.25) is 4.79 Å². The number of hydrogen-bond acceptors (Lipinski definition) is 3. The van der Waals surface area contributed by atoms with E-state index in [9.17, 15) is 4.79 Å². The number of ether oxygens (including phenoxy) is 1. The Morgan fingerprint density at radius 2 is 2.37 bits per heavy atom. The monoisotopic (exact) mass is 263 g/mol.